The molecular formula is C18H19ClN2O5S. The van der Waals surface area contributed by atoms with Crippen molar-refractivity contribution in [3.05, 3.63) is 57.1 Å². The lowest BCUT2D eigenvalue weighted by Crippen LogP contribution is -2.27. The first-order valence-corrected chi connectivity index (χ1v) is 9.35. The summed E-state index contributed by atoms with van der Waals surface area (Å²) in [6.45, 7) is 0.475. The molecule has 1 N–H and O–H groups in total. The molecule has 0 atom stereocenters. The number of hydrogen-bond donors (Lipinski definition) is 1. The largest absolute Gasteiger partial charge is 0.493 e. The highest BCUT2D eigenvalue weighted by molar-refractivity contribution is 8.00. The van der Waals surface area contributed by atoms with Crippen molar-refractivity contribution in [2.45, 2.75) is 11.3 Å². The average Bonchev–Trinajstić information content (AvgIpc) is 2.66. The molecule has 0 fully saturated rings. The van der Waals surface area contributed by atoms with Gasteiger partial charge in [0, 0.05) is 23.6 Å². The standard InChI is InChI=1S/C18H19ClN2O5S/c1-25-15-5-3-12(9-16(15)26-2)7-8-20-18(22)11-27-17-6-4-13(21(23)24)10-14(17)19/h3-6,9-10H,7-8,11H2,1-2H3,(H,20,22). The summed E-state index contributed by atoms with van der Waals surface area (Å²) in [6.07, 6.45) is 0.648. The van der Waals surface area contributed by atoms with E-state index in [1.165, 1.54) is 23.9 Å². The van der Waals surface area contributed by atoms with E-state index in [2.05, 4.69) is 5.32 Å². The van der Waals surface area contributed by atoms with Crippen LogP contribution in [-0.4, -0.2) is 37.3 Å². The van der Waals surface area contributed by atoms with E-state index in [1.54, 1.807) is 20.3 Å². The number of halogens is 1. The van der Waals surface area contributed by atoms with Crippen LogP contribution in [0.5, 0.6) is 11.5 Å². The fourth-order valence-electron chi connectivity index (χ4n) is 2.30. The number of methoxy groups -OCH3 is 2. The van der Waals surface area contributed by atoms with E-state index in [-0.39, 0.29) is 22.4 Å². The number of benzene rings is 2. The Balaban J connectivity index is 1.81. The van der Waals surface area contributed by atoms with Crippen molar-refractivity contribution in [2.24, 2.45) is 0 Å². The number of hydrogen-bond acceptors (Lipinski definition) is 6. The van der Waals surface area contributed by atoms with Crippen molar-refractivity contribution in [3.8, 4) is 11.5 Å². The molecule has 0 heterocycles. The molecule has 0 aromatic heterocycles. The Morgan fingerprint density at radius 3 is 2.56 bits per heavy atom. The molecule has 0 unspecified atom stereocenters. The van der Waals surface area contributed by atoms with Crippen molar-refractivity contribution in [1.82, 2.24) is 5.32 Å². The number of rotatable bonds is 9. The third kappa shape index (κ3) is 6.04. The van der Waals surface area contributed by atoms with Gasteiger partial charge in [-0.15, -0.1) is 11.8 Å². The SMILES string of the molecule is COc1ccc(CCNC(=O)CSc2ccc([N+](=O)[O-])cc2Cl)cc1OC. The molecule has 0 saturated carbocycles. The molecule has 0 bridgehead atoms. The van der Waals surface area contributed by atoms with Gasteiger partial charge in [0.05, 0.1) is 29.9 Å². The van der Waals surface area contributed by atoms with E-state index in [9.17, 15) is 14.9 Å². The van der Waals surface area contributed by atoms with Crippen LogP contribution < -0.4 is 14.8 Å². The molecule has 0 aliphatic carbocycles. The normalized spacial score (nSPS) is 10.3. The summed E-state index contributed by atoms with van der Waals surface area (Å²) >= 11 is 7.25. The lowest BCUT2D eigenvalue weighted by atomic mass is 10.1. The molecule has 7 nitrogen and oxygen atoms in total. The molecule has 2 rings (SSSR count). The van der Waals surface area contributed by atoms with E-state index >= 15 is 0 Å². The highest BCUT2D eigenvalue weighted by atomic mass is 35.5. The number of non-ortho nitro benzene ring substituents is 1. The Labute approximate surface area is 166 Å². The zero-order valence-electron chi connectivity index (χ0n) is 14.9. The van der Waals surface area contributed by atoms with Gasteiger partial charge in [0.1, 0.15) is 0 Å². The maximum Gasteiger partial charge on any atom is 0.270 e. The predicted molar refractivity (Wildman–Crippen MR) is 105 cm³/mol. The van der Waals surface area contributed by atoms with E-state index in [4.69, 9.17) is 21.1 Å². The Morgan fingerprint density at radius 2 is 1.93 bits per heavy atom. The third-order valence-corrected chi connectivity index (χ3v) is 5.17. The van der Waals surface area contributed by atoms with Crippen molar-refractivity contribution < 1.29 is 19.2 Å². The van der Waals surface area contributed by atoms with Crippen LogP contribution in [0, 0.1) is 10.1 Å². The van der Waals surface area contributed by atoms with Crippen LogP contribution in [0.15, 0.2) is 41.3 Å². The summed E-state index contributed by atoms with van der Waals surface area (Å²) < 4.78 is 10.4. The second kappa shape index (κ2) is 10.0. The van der Waals surface area contributed by atoms with Crippen molar-refractivity contribution >= 4 is 35.0 Å². The summed E-state index contributed by atoms with van der Waals surface area (Å²) in [4.78, 5) is 22.8. The maximum atomic E-state index is 12.0. The summed E-state index contributed by atoms with van der Waals surface area (Å²) in [7, 11) is 3.15. The van der Waals surface area contributed by atoms with Gasteiger partial charge in [0.15, 0.2) is 11.5 Å². The van der Waals surface area contributed by atoms with Crippen LogP contribution in [-0.2, 0) is 11.2 Å². The number of nitrogens with zero attached hydrogens (tertiary/aromatic N) is 1. The van der Waals surface area contributed by atoms with E-state index in [0.717, 1.165) is 5.56 Å². The van der Waals surface area contributed by atoms with Crippen molar-refractivity contribution in [3.63, 3.8) is 0 Å². The van der Waals surface area contributed by atoms with Gasteiger partial charge in [-0.05, 0) is 30.2 Å². The molecular weight excluding hydrogens is 392 g/mol. The van der Waals surface area contributed by atoms with Gasteiger partial charge in [0.25, 0.3) is 5.69 Å². The average molecular weight is 411 g/mol. The number of nitrogens with one attached hydrogen (secondary N) is 1. The molecule has 0 spiro atoms. The van der Waals surface area contributed by atoms with Crippen LogP contribution in [0.1, 0.15) is 5.56 Å². The Hall–Kier alpha value is -2.45. The predicted octanol–water partition coefficient (Wildman–Crippen LogP) is 3.72. The van der Waals surface area contributed by atoms with Crippen LogP contribution in [0.3, 0.4) is 0 Å². The van der Waals surface area contributed by atoms with Gasteiger partial charge in [-0.3, -0.25) is 14.9 Å². The first kappa shape index (κ1) is 20.9. The second-order valence-electron chi connectivity index (χ2n) is 5.45. The van der Waals surface area contributed by atoms with Crippen LogP contribution in [0.4, 0.5) is 5.69 Å². The van der Waals surface area contributed by atoms with Gasteiger partial charge < -0.3 is 14.8 Å². The number of ether oxygens (including phenoxy) is 2. The maximum absolute atomic E-state index is 12.0. The van der Waals surface area contributed by atoms with Gasteiger partial charge in [0.2, 0.25) is 5.91 Å². The minimum Gasteiger partial charge on any atom is -0.493 e. The van der Waals surface area contributed by atoms with Gasteiger partial charge in [-0.25, -0.2) is 0 Å². The molecule has 0 radical (unpaired) electrons. The summed E-state index contributed by atoms with van der Waals surface area (Å²) in [5.41, 5.74) is 0.933. The van der Waals surface area contributed by atoms with E-state index in [0.29, 0.717) is 29.4 Å². The summed E-state index contributed by atoms with van der Waals surface area (Å²) in [5.74, 6) is 1.32. The minimum absolute atomic E-state index is 0.0799. The lowest BCUT2D eigenvalue weighted by Gasteiger charge is -2.10. The zero-order chi connectivity index (χ0) is 19.8. The number of nitro groups is 1. The number of thioether (sulfide) groups is 1. The monoisotopic (exact) mass is 410 g/mol. The second-order valence-corrected chi connectivity index (χ2v) is 6.87. The van der Waals surface area contributed by atoms with Crippen LogP contribution in [0.2, 0.25) is 5.02 Å². The molecule has 0 aliphatic rings. The number of carbonyl (C=O) groups is 1. The fraction of sp³-hybridized carbons (Fsp3) is 0.278. The quantitative estimate of drug-likeness (QED) is 0.385. The van der Waals surface area contributed by atoms with Crippen molar-refractivity contribution in [1.29, 1.82) is 0 Å². The topological polar surface area (TPSA) is 90.7 Å². The number of amides is 1. The summed E-state index contributed by atoms with van der Waals surface area (Å²) in [6, 6.07) is 9.79. The molecule has 0 aliphatic heterocycles. The molecule has 2 aromatic carbocycles. The molecule has 27 heavy (non-hydrogen) atoms. The molecule has 0 saturated heterocycles. The minimum atomic E-state index is -0.513. The van der Waals surface area contributed by atoms with Crippen LogP contribution in [0.25, 0.3) is 0 Å². The molecule has 2 aromatic rings. The lowest BCUT2D eigenvalue weighted by molar-refractivity contribution is -0.384. The van der Waals surface area contributed by atoms with E-state index in [1.807, 2.05) is 18.2 Å². The first-order chi connectivity index (χ1) is 12.9. The van der Waals surface area contributed by atoms with Gasteiger partial charge in [-0.2, -0.15) is 0 Å². The van der Waals surface area contributed by atoms with Gasteiger partial charge in [-0.1, -0.05) is 17.7 Å². The van der Waals surface area contributed by atoms with E-state index < -0.39 is 4.92 Å². The zero-order valence-corrected chi connectivity index (χ0v) is 16.4. The number of nitro benzene ring substituents is 1. The highest BCUT2D eigenvalue weighted by Crippen LogP contribution is 2.30. The third-order valence-electron chi connectivity index (χ3n) is 3.67. The fourth-order valence-corrected chi connectivity index (χ4v) is 3.39. The molecule has 1 amide bonds. The Morgan fingerprint density at radius 1 is 1.19 bits per heavy atom. The number of carbonyl (C=O) groups excluding carboxylic acids is 1. The van der Waals surface area contributed by atoms with Gasteiger partial charge >= 0.3 is 0 Å². The first-order valence-electron chi connectivity index (χ1n) is 7.99. The molecule has 144 valence electrons. The smallest absolute Gasteiger partial charge is 0.270 e. The summed E-state index contributed by atoms with van der Waals surface area (Å²) in [5, 5.41) is 13.8. The Bertz CT molecular complexity index is 831. The van der Waals surface area contributed by atoms with Crippen LogP contribution >= 0.6 is 23.4 Å². The highest BCUT2D eigenvalue weighted by Gasteiger charge is 2.11. The Kier molecular flexibility index (Phi) is 7.75. The molecule has 9 heteroatoms. The van der Waals surface area contributed by atoms with Crippen molar-refractivity contribution in [2.75, 3.05) is 26.5 Å².